The summed E-state index contributed by atoms with van der Waals surface area (Å²) in [5, 5.41) is 96.1. The van der Waals surface area contributed by atoms with Crippen LogP contribution in [-0.4, -0.2) is 135 Å². The maximum absolute atomic E-state index is 13.4. The number of methoxy groups -OCH3 is 3. The molecule has 306 valence electrons. The van der Waals surface area contributed by atoms with Crippen molar-refractivity contribution in [3.63, 3.8) is 0 Å². The fraction of sp³-hybridized carbons (Fsp3) is 0.368. The van der Waals surface area contributed by atoms with Crippen molar-refractivity contribution in [2.45, 2.75) is 55.1 Å². The number of benzene rings is 3. The zero-order valence-corrected chi connectivity index (χ0v) is 30.4. The Hall–Kier alpha value is -5.64. The highest BCUT2D eigenvalue weighted by Crippen LogP contribution is 2.46. The van der Waals surface area contributed by atoms with Gasteiger partial charge in [0, 0.05) is 23.8 Å². The Morgan fingerprint density at radius 2 is 1.51 bits per heavy atom. The van der Waals surface area contributed by atoms with Gasteiger partial charge in [0.05, 0.1) is 40.1 Å². The van der Waals surface area contributed by atoms with Gasteiger partial charge in [0.25, 0.3) is 0 Å². The summed E-state index contributed by atoms with van der Waals surface area (Å²) in [7, 11) is 3.97. The van der Waals surface area contributed by atoms with Crippen LogP contribution in [0, 0.1) is 0 Å². The van der Waals surface area contributed by atoms with E-state index in [1.54, 1.807) is 0 Å². The van der Waals surface area contributed by atoms with E-state index in [2.05, 4.69) is 0 Å². The monoisotopic (exact) mass is 800 g/mol. The van der Waals surface area contributed by atoms with Crippen LogP contribution in [0.25, 0.3) is 28.4 Å². The number of hydrogen-bond donors (Lipinski definition) is 9. The number of phenolic OH excluding ortho intramolecular Hbond substituents is 4. The zero-order valence-electron chi connectivity index (χ0n) is 30.4. The predicted molar refractivity (Wildman–Crippen MR) is 193 cm³/mol. The summed E-state index contributed by atoms with van der Waals surface area (Å²) in [6, 6.07) is 8.99. The smallest absolute Gasteiger partial charge is 0.331 e. The highest BCUT2D eigenvalue weighted by Gasteiger charge is 2.51. The number of esters is 1. The Balaban J connectivity index is 1.23. The molecule has 2 fully saturated rings. The summed E-state index contributed by atoms with van der Waals surface area (Å²) in [5.41, 5.74) is -0.933. The fourth-order valence-corrected chi connectivity index (χ4v) is 6.54. The van der Waals surface area contributed by atoms with E-state index in [4.69, 9.17) is 37.6 Å². The van der Waals surface area contributed by atoms with Crippen LogP contribution < -0.4 is 19.6 Å². The molecule has 19 nitrogen and oxygen atoms in total. The molecule has 3 heterocycles. The zero-order chi connectivity index (χ0) is 41.3. The van der Waals surface area contributed by atoms with E-state index in [1.165, 1.54) is 57.7 Å². The van der Waals surface area contributed by atoms with Gasteiger partial charge in [-0.15, -0.1) is 0 Å². The first kappa shape index (κ1) is 41.0. The first-order chi connectivity index (χ1) is 27.2. The Bertz CT molecular complexity index is 2170. The Labute approximate surface area is 322 Å². The third-order valence-corrected chi connectivity index (χ3v) is 9.53. The minimum Gasteiger partial charge on any atom is -0.507 e. The lowest BCUT2D eigenvalue weighted by Gasteiger charge is -2.45. The summed E-state index contributed by atoms with van der Waals surface area (Å²) in [6.45, 7) is -1.41. The first-order valence-corrected chi connectivity index (χ1v) is 17.2. The second-order valence-corrected chi connectivity index (χ2v) is 13.0. The Kier molecular flexibility index (Phi) is 12.1. The third kappa shape index (κ3) is 8.00. The molecule has 0 saturated carbocycles. The molecule has 0 aliphatic carbocycles. The third-order valence-electron chi connectivity index (χ3n) is 9.53. The first-order valence-electron chi connectivity index (χ1n) is 17.2. The van der Waals surface area contributed by atoms with Crippen LogP contribution >= 0.6 is 0 Å². The SMILES string of the molecule is COc1cc(-c2cc(=O)c3c(O)c([C@@H]4O[C@H](CO)[C@@H](O)[C@H](O)[C@H]4O[C@@H]4OC[C@H](OC(=O)/C=C/c5cc(OC)c(O)c(OC)c5)[C@H](O)[C@H]4O)c(O)cc3o2)ccc1O. The van der Waals surface area contributed by atoms with Gasteiger partial charge in [0.15, 0.2) is 40.8 Å². The van der Waals surface area contributed by atoms with Crippen molar-refractivity contribution in [3.05, 3.63) is 69.9 Å². The lowest BCUT2D eigenvalue weighted by atomic mass is 9.89. The van der Waals surface area contributed by atoms with Gasteiger partial charge in [-0.2, -0.15) is 0 Å². The van der Waals surface area contributed by atoms with Crippen molar-refractivity contribution in [1.29, 1.82) is 0 Å². The van der Waals surface area contributed by atoms with E-state index in [-0.39, 0.29) is 40.1 Å². The van der Waals surface area contributed by atoms with Gasteiger partial charge in [-0.3, -0.25) is 4.79 Å². The van der Waals surface area contributed by atoms with E-state index in [0.717, 1.165) is 18.2 Å². The van der Waals surface area contributed by atoms with E-state index in [9.17, 15) is 55.5 Å². The largest absolute Gasteiger partial charge is 0.507 e. The minimum atomic E-state index is -1.96. The molecular formula is C38H40O19. The molecule has 2 saturated heterocycles. The van der Waals surface area contributed by atoms with Crippen LogP contribution in [0.1, 0.15) is 17.2 Å². The summed E-state index contributed by atoms with van der Waals surface area (Å²) < 4.78 is 43.6. The molecule has 2 aliphatic rings. The van der Waals surface area contributed by atoms with Gasteiger partial charge in [-0.25, -0.2) is 4.79 Å². The average molecular weight is 801 g/mol. The van der Waals surface area contributed by atoms with Gasteiger partial charge in [0.1, 0.15) is 71.0 Å². The van der Waals surface area contributed by atoms with Crippen LogP contribution in [-0.2, 0) is 23.7 Å². The molecule has 57 heavy (non-hydrogen) atoms. The minimum absolute atomic E-state index is 0.0213. The molecular weight excluding hydrogens is 760 g/mol. The Morgan fingerprint density at radius 1 is 0.825 bits per heavy atom. The number of aromatic hydroxyl groups is 4. The molecule has 0 bridgehead atoms. The summed E-state index contributed by atoms with van der Waals surface area (Å²) in [6.07, 6.45) is -13.6. The maximum atomic E-state index is 13.4. The highest BCUT2D eigenvalue weighted by atomic mass is 16.7. The summed E-state index contributed by atoms with van der Waals surface area (Å²) in [5.74, 6) is -2.80. The van der Waals surface area contributed by atoms with Crippen LogP contribution in [0.15, 0.2) is 57.8 Å². The van der Waals surface area contributed by atoms with Crippen molar-refractivity contribution >= 4 is 23.0 Å². The predicted octanol–water partition coefficient (Wildman–Crippen LogP) is 0.551. The average Bonchev–Trinajstić information content (AvgIpc) is 3.19. The van der Waals surface area contributed by atoms with Crippen LogP contribution in [0.5, 0.6) is 40.2 Å². The molecule has 0 radical (unpaired) electrons. The lowest BCUT2D eigenvalue weighted by Crippen LogP contribution is -2.60. The van der Waals surface area contributed by atoms with Crippen molar-refractivity contribution in [2.24, 2.45) is 0 Å². The van der Waals surface area contributed by atoms with Crippen molar-refractivity contribution in [2.75, 3.05) is 34.5 Å². The summed E-state index contributed by atoms with van der Waals surface area (Å²) >= 11 is 0. The normalized spacial score (nSPS) is 26.4. The van der Waals surface area contributed by atoms with E-state index < -0.39 is 102 Å². The van der Waals surface area contributed by atoms with E-state index in [0.29, 0.717) is 11.1 Å². The molecule has 1 aromatic heterocycles. The maximum Gasteiger partial charge on any atom is 0.331 e. The molecule has 3 aromatic carbocycles. The van der Waals surface area contributed by atoms with Gasteiger partial charge in [-0.1, -0.05) is 0 Å². The quantitative estimate of drug-likeness (QED) is 0.0739. The van der Waals surface area contributed by atoms with Crippen LogP contribution in [0.2, 0.25) is 0 Å². The molecule has 0 spiro atoms. The molecule has 6 rings (SSSR count). The number of ether oxygens (including phenoxy) is 7. The lowest BCUT2D eigenvalue weighted by molar-refractivity contribution is -0.325. The molecule has 9 atom stereocenters. The second kappa shape index (κ2) is 16.8. The highest BCUT2D eigenvalue weighted by molar-refractivity contribution is 5.89. The molecule has 19 heteroatoms. The standard InChI is InChI=1S/C38H40O19/c1-50-21-10-16(5-6-17(21)40)20-11-18(41)28-22(54-20)12-19(42)29(33(28)47)36-37(34(48)31(45)25(13-39)56-36)57-38-35(49)32(46)26(14-53-38)55-27(43)7-4-15-8-23(51-2)30(44)24(9-15)52-3/h4-12,25-26,31-32,34-40,42,44-49H,13-14H2,1-3H3/b7-4+/t25-,26+,31-,32+,34+,35-,36+,37-,38+/m1/s1. The number of aliphatic hydroxyl groups is 5. The summed E-state index contributed by atoms with van der Waals surface area (Å²) in [4.78, 5) is 26.1. The number of aliphatic hydroxyl groups excluding tert-OH is 5. The molecule has 0 amide bonds. The van der Waals surface area contributed by atoms with Gasteiger partial charge in [-0.05, 0) is 42.0 Å². The Morgan fingerprint density at radius 3 is 2.16 bits per heavy atom. The fourth-order valence-electron chi connectivity index (χ4n) is 6.54. The van der Waals surface area contributed by atoms with E-state index in [1.807, 2.05) is 0 Å². The van der Waals surface area contributed by atoms with Gasteiger partial charge < -0.3 is 83.5 Å². The number of fused-ring (bicyclic) bond motifs is 1. The van der Waals surface area contributed by atoms with Crippen LogP contribution in [0.3, 0.4) is 0 Å². The topological polar surface area (TPSA) is 294 Å². The molecule has 2 aliphatic heterocycles. The number of carbonyl (C=O) groups is 1. The van der Waals surface area contributed by atoms with Crippen molar-refractivity contribution < 1.29 is 88.3 Å². The molecule has 4 aromatic rings. The molecule has 9 N–H and O–H groups in total. The van der Waals surface area contributed by atoms with Gasteiger partial charge >= 0.3 is 5.97 Å². The van der Waals surface area contributed by atoms with Crippen molar-refractivity contribution in [3.8, 4) is 51.6 Å². The van der Waals surface area contributed by atoms with Gasteiger partial charge in [0.2, 0.25) is 5.75 Å². The number of carbonyl (C=O) groups excluding carboxylic acids is 1. The second-order valence-electron chi connectivity index (χ2n) is 13.0. The van der Waals surface area contributed by atoms with Crippen molar-refractivity contribution in [1.82, 2.24) is 0 Å². The number of hydrogen-bond acceptors (Lipinski definition) is 19. The van der Waals surface area contributed by atoms with Crippen LogP contribution in [0.4, 0.5) is 0 Å². The molecule has 0 unspecified atom stereocenters. The number of phenols is 4. The number of rotatable bonds is 11. The van der Waals surface area contributed by atoms with E-state index >= 15 is 0 Å².